The number of amidine groups is 1. The number of hydrogen-bond acceptors (Lipinski definition) is 9. The van der Waals surface area contributed by atoms with E-state index in [-0.39, 0.29) is 29.4 Å². The molecule has 2 N–H and O–H groups in total. The smallest absolute Gasteiger partial charge is 0.232 e. The Balaban J connectivity index is 1.75. The van der Waals surface area contributed by atoms with Crippen molar-refractivity contribution in [2.75, 3.05) is 13.7 Å². The molecule has 0 spiro atoms. The van der Waals surface area contributed by atoms with Gasteiger partial charge >= 0.3 is 0 Å². The summed E-state index contributed by atoms with van der Waals surface area (Å²) in [5.41, 5.74) is 5.49. The lowest BCUT2D eigenvalue weighted by Crippen LogP contribution is -2.60. The fourth-order valence-corrected chi connectivity index (χ4v) is 7.64. The zero-order valence-electron chi connectivity index (χ0n) is 19.0. The first kappa shape index (κ1) is 23.2. The Morgan fingerprint density at radius 3 is 2.70 bits per heavy atom. The number of ketones is 1. The molecule has 4 rings (SSSR count). The molecule has 0 amide bonds. The third-order valence-electron chi connectivity index (χ3n) is 6.47. The maximum atomic E-state index is 15.1. The minimum Gasteiger partial charge on any atom is -0.480 e. The van der Waals surface area contributed by atoms with Crippen LogP contribution in [-0.2, 0) is 21.7 Å². The summed E-state index contributed by atoms with van der Waals surface area (Å²) in [5, 5.41) is -0.554. The molecule has 3 atom stereocenters. The van der Waals surface area contributed by atoms with E-state index in [4.69, 9.17) is 10.5 Å². The van der Waals surface area contributed by atoms with Crippen molar-refractivity contribution in [3.8, 4) is 5.88 Å². The van der Waals surface area contributed by atoms with Crippen LogP contribution in [0.1, 0.15) is 55.5 Å². The lowest BCUT2D eigenvalue weighted by atomic mass is 9.88. The maximum Gasteiger partial charge on any atom is 0.232 e. The lowest BCUT2D eigenvalue weighted by Gasteiger charge is -2.47. The van der Waals surface area contributed by atoms with E-state index >= 15 is 4.39 Å². The van der Waals surface area contributed by atoms with Gasteiger partial charge in [0, 0.05) is 12.2 Å². The molecule has 2 aromatic heterocycles. The zero-order chi connectivity index (χ0) is 24.0. The Kier molecular flexibility index (Phi) is 5.71. The number of ether oxygens (including phenoxy) is 1. The van der Waals surface area contributed by atoms with Crippen LogP contribution in [0.15, 0.2) is 33.9 Å². The maximum absolute atomic E-state index is 15.1. The number of nitrogens with two attached hydrogens (primary N) is 1. The van der Waals surface area contributed by atoms with Crippen LogP contribution in [0.4, 0.5) is 4.39 Å². The lowest BCUT2D eigenvalue weighted by molar-refractivity contribution is 0.0986. The van der Waals surface area contributed by atoms with E-state index in [2.05, 4.69) is 24.3 Å². The quantitative estimate of drug-likeness (QED) is 0.658. The van der Waals surface area contributed by atoms with Crippen LogP contribution in [0.3, 0.4) is 0 Å². The van der Waals surface area contributed by atoms with Crippen LogP contribution < -0.4 is 10.5 Å². The standard InChI is InChI=1S/C22H27FN6O3S/c1-21(2)20(24)29-22(3,17-6-5-9-27-33(17,21)31)19-14(23)8-7-13(28-19)10-16(30)15-11-26-18(32-4)12-25-15/h7-8,11-12,17H,5-6,9-10H2,1-4H3,(H2,24,29)/t17-,22+,33+/m1/s1. The van der Waals surface area contributed by atoms with E-state index in [0.29, 0.717) is 24.5 Å². The summed E-state index contributed by atoms with van der Waals surface area (Å²) >= 11 is 0. The molecule has 2 aliphatic rings. The number of halogens is 1. The van der Waals surface area contributed by atoms with Crippen molar-refractivity contribution in [2.45, 2.75) is 55.6 Å². The van der Waals surface area contributed by atoms with E-state index in [1.165, 1.54) is 31.6 Å². The Hall–Kier alpha value is -2.95. The van der Waals surface area contributed by atoms with Gasteiger partial charge in [0.2, 0.25) is 5.88 Å². The average Bonchev–Trinajstić information content (AvgIpc) is 2.79. The number of methoxy groups -OCH3 is 1. The van der Waals surface area contributed by atoms with Crippen molar-refractivity contribution < 1.29 is 18.1 Å². The third-order valence-corrected chi connectivity index (χ3v) is 10.2. The number of aromatic nitrogens is 3. The van der Waals surface area contributed by atoms with Gasteiger partial charge in [-0.25, -0.2) is 22.9 Å². The molecule has 11 heteroatoms. The SMILES string of the molecule is COc1cnc(C(=O)Cc2ccc(F)c([C@@]3(C)N=C(N)C(C)(C)[S@]4(=O)=NCCC[C@H]34)n2)cn1. The Morgan fingerprint density at radius 1 is 1.27 bits per heavy atom. The predicted octanol–water partition coefficient (Wildman–Crippen LogP) is 2.44. The van der Waals surface area contributed by atoms with E-state index in [9.17, 15) is 9.00 Å². The number of hydrogen-bond donors (Lipinski definition) is 1. The van der Waals surface area contributed by atoms with Gasteiger partial charge < -0.3 is 10.5 Å². The minimum absolute atomic E-state index is 0.0156. The molecule has 4 heterocycles. The molecule has 176 valence electrons. The summed E-state index contributed by atoms with van der Waals surface area (Å²) < 4.78 is 37.7. The highest BCUT2D eigenvalue weighted by molar-refractivity contribution is 7.96. The predicted molar refractivity (Wildman–Crippen MR) is 122 cm³/mol. The van der Waals surface area contributed by atoms with Gasteiger partial charge in [-0.05, 0) is 45.7 Å². The first-order valence-corrected chi connectivity index (χ1v) is 12.2. The summed E-state index contributed by atoms with van der Waals surface area (Å²) in [7, 11) is -1.40. The fourth-order valence-electron chi connectivity index (χ4n) is 4.40. The fraction of sp³-hybridized carbons (Fsp3) is 0.500. The van der Waals surface area contributed by atoms with Crippen LogP contribution in [0.25, 0.3) is 0 Å². The Labute approximate surface area is 192 Å². The monoisotopic (exact) mass is 474 g/mol. The highest BCUT2D eigenvalue weighted by Crippen LogP contribution is 2.46. The normalized spacial score (nSPS) is 28.3. The van der Waals surface area contributed by atoms with Crippen LogP contribution in [0.2, 0.25) is 0 Å². The molecule has 0 aliphatic carbocycles. The first-order chi connectivity index (χ1) is 15.5. The summed E-state index contributed by atoms with van der Waals surface area (Å²) in [6.45, 7) is 5.70. The minimum atomic E-state index is -2.85. The summed E-state index contributed by atoms with van der Waals surface area (Å²) in [6.07, 6.45) is 3.84. The van der Waals surface area contributed by atoms with Crippen LogP contribution >= 0.6 is 0 Å². The van der Waals surface area contributed by atoms with Gasteiger partial charge in [0.05, 0.1) is 40.9 Å². The van der Waals surface area contributed by atoms with Gasteiger partial charge in [-0.3, -0.25) is 14.8 Å². The number of rotatable bonds is 5. The first-order valence-electron chi connectivity index (χ1n) is 10.6. The number of nitrogens with zero attached hydrogens (tertiary/aromatic N) is 5. The highest BCUT2D eigenvalue weighted by Gasteiger charge is 2.56. The third kappa shape index (κ3) is 3.68. The molecule has 0 saturated carbocycles. The second kappa shape index (κ2) is 8.12. The van der Waals surface area contributed by atoms with E-state index in [0.717, 1.165) is 6.42 Å². The second-order valence-corrected chi connectivity index (χ2v) is 11.9. The van der Waals surface area contributed by atoms with Crippen molar-refractivity contribution >= 4 is 21.3 Å². The van der Waals surface area contributed by atoms with E-state index in [1.54, 1.807) is 20.8 Å². The van der Waals surface area contributed by atoms with Crippen molar-refractivity contribution in [1.82, 2.24) is 15.0 Å². The topological polar surface area (TPSA) is 133 Å². The number of carbonyl (C=O) groups is 1. The average molecular weight is 475 g/mol. The number of pyridine rings is 1. The second-order valence-electron chi connectivity index (χ2n) is 8.88. The van der Waals surface area contributed by atoms with Crippen molar-refractivity contribution in [3.05, 3.63) is 47.4 Å². The molecular formula is C22H27FN6O3S. The summed E-state index contributed by atoms with van der Waals surface area (Å²) in [4.78, 5) is 29.9. The largest absolute Gasteiger partial charge is 0.480 e. The van der Waals surface area contributed by atoms with Crippen molar-refractivity contribution in [3.63, 3.8) is 0 Å². The van der Waals surface area contributed by atoms with Crippen LogP contribution in [0.5, 0.6) is 5.88 Å². The number of fused-ring (bicyclic) bond motifs is 1. The Morgan fingerprint density at radius 2 is 2.03 bits per heavy atom. The van der Waals surface area contributed by atoms with Crippen molar-refractivity contribution in [2.24, 2.45) is 15.1 Å². The molecule has 0 radical (unpaired) electrons. The number of Topliss-reactive ketones (excluding diaryl/α,β-unsaturated/α-hetero) is 1. The van der Waals surface area contributed by atoms with Crippen molar-refractivity contribution in [1.29, 1.82) is 0 Å². The van der Waals surface area contributed by atoms with Gasteiger partial charge in [-0.1, -0.05) is 0 Å². The summed E-state index contributed by atoms with van der Waals surface area (Å²) in [5.74, 6) is -0.474. The van der Waals surface area contributed by atoms with Gasteiger partial charge in [-0.15, -0.1) is 0 Å². The van der Waals surface area contributed by atoms with Crippen LogP contribution in [-0.4, -0.2) is 54.4 Å². The molecule has 0 fully saturated rings. The van der Waals surface area contributed by atoms with Gasteiger partial charge in [-0.2, -0.15) is 0 Å². The Bertz CT molecular complexity index is 1250. The van der Waals surface area contributed by atoms with Crippen LogP contribution in [0, 0.1) is 5.82 Å². The molecule has 33 heavy (non-hydrogen) atoms. The summed E-state index contributed by atoms with van der Waals surface area (Å²) in [6, 6.07) is 2.70. The molecular weight excluding hydrogens is 447 g/mol. The molecule has 0 unspecified atom stereocenters. The molecule has 0 bridgehead atoms. The zero-order valence-corrected chi connectivity index (χ0v) is 19.9. The van der Waals surface area contributed by atoms with Gasteiger partial charge in [0.25, 0.3) is 0 Å². The molecule has 9 nitrogen and oxygen atoms in total. The van der Waals surface area contributed by atoms with Gasteiger partial charge in [0.15, 0.2) is 5.78 Å². The highest BCUT2D eigenvalue weighted by atomic mass is 32.2. The molecule has 2 aliphatic heterocycles. The molecule has 2 aromatic rings. The van der Waals surface area contributed by atoms with Gasteiger partial charge in [0.1, 0.15) is 33.3 Å². The van der Waals surface area contributed by atoms with E-state index < -0.39 is 31.1 Å². The van der Waals surface area contributed by atoms with E-state index in [1.807, 2.05) is 0 Å². The number of aliphatic imine (C=N–C) groups is 1. The molecule has 0 saturated heterocycles. The molecule has 0 aromatic carbocycles. The number of carbonyl (C=O) groups excluding carboxylic acids is 1.